The van der Waals surface area contributed by atoms with Crippen LogP contribution in [0.3, 0.4) is 0 Å². The average Bonchev–Trinajstić information content (AvgIpc) is 2.41. The van der Waals surface area contributed by atoms with Crippen LogP contribution >= 0.6 is 0 Å². The van der Waals surface area contributed by atoms with E-state index < -0.39 is 22.2 Å². The number of hydrogen-bond acceptors (Lipinski definition) is 6. The summed E-state index contributed by atoms with van der Waals surface area (Å²) >= 11 is 0. The van der Waals surface area contributed by atoms with Gasteiger partial charge >= 0.3 is 5.97 Å². The van der Waals surface area contributed by atoms with Crippen LogP contribution in [0.5, 0.6) is 0 Å². The number of carbonyl (C=O) groups excluding carboxylic acids is 2. The molecular weight excluding hydrogens is 284 g/mol. The molecule has 7 heteroatoms. The maximum absolute atomic E-state index is 11.7. The van der Waals surface area contributed by atoms with E-state index in [-0.39, 0.29) is 19.4 Å². The Morgan fingerprint density at radius 3 is 2.50 bits per heavy atom. The second-order valence-corrected chi connectivity index (χ2v) is 5.73. The molecule has 0 radical (unpaired) electrons. The maximum Gasteiger partial charge on any atom is 0.338 e. The van der Waals surface area contributed by atoms with Crippen molar-refractivity contribution in [3.05, 3.63) is 35.9 Å². The highest BCUT2D eigenvalue weighted by molar-refractivity contribution is 7.86. The van der Waals surface area contributed by atoms with Gasteiger partial charge in [-0.05, 0) is 18.6 Å². The van der Waals surface area contributed by atoms with Gasteiger partial charge in [0.2, 0.25) is 0 Å². The first-order chi connectivity index (χ1) is 9.42. The zero-order valence-electron chi connectivity index (χ0n) is 11.0. The van der Waals surface area contributed by atoms with Gasteiger partial charge in [-0.25, -0.2) is 4.79 Å². The average molecular weight is 300 g/mol. The number of carbonyl (C=O) groups is 2. The summed E-state index contributed by atoms with van der Waals surface area (Å²) in [6, 6.07) is 8.30. The zero-order valence-corrected chi connectivity index (χ0v) is 11.8. The highest BCUT2D eigenvalue weighted by Gasteiger charge is 2.18. The normalized spacial score (nSPS) is 12.7. The minimum atomic E-state index is -3.67. The third-order valence-electron chi connectivity index (χ3n) is 2.33. The van der Waals surface area contributed by atoms with Gasteiger partial charge in [-0.2, -0.15) is 8.42 Å². The predicted octanol–water partition coefficient (Wildman–Crippen LogP) is 1.17. The van der Waals surface area contributed by atoms with E-state index in [2.05, 4.69) is 0 Å². The molecule has 0 fully saturated rings. The first-order valence-corrected chi connectivity index (χ1v) is 7.78. The number of hydrogen-bond donors (Lipinski definition) is 0. The Bertz CT molecular complexity index is 537. The number of esters is 1. The molecule has 0 aromatic heterocycles. The van der Waals surface area contributed by atoms with Gasteiger partial charge in [-0.15, -0.1) is 0 Å². The van der Waals surface area contributed by atoms with Crippen molar-refractivity contribution >= 4 is 22.4 Å². The quantitative estimate of drug-likeness (QED) is 0.407. The Kier molecular flexibility index (Phi) is 6.33. The monoisotopic (exact) mass is 300 g/mol. The lowest BCUT2D eigenvalue weighted by atomic mass is 10.2. The van der Waals surface area contributed by atoms with Crippen LogP contribution in [0.2, 0.25) is 0 Å². The van der Waals surface area contributed by atoms with Crippen molar-refractivity contribution in [2.75, 3.05) is 12.9 Å². The van der Waals surface area contributed by atoms with Crippen molar-refractivity contribution in [1.29, 1.82) is 0 Å². The van der Waals surface area contributed by atoms with Crippen LogP contribution in [0.15, 0.2) is 30.3 Å². The first kappa shape index (κ1) is 16.3. The largest absolute Gasteiger partial charge is 0.459 e. The highest BCUT2D eigenvalue weighted by atomic mass is 32.2. The van der Waals surface area contributed by atoms with Crippen LogP contribution in [-0.2, 0) is 23.8 Å². The van der Waals surface area contributed by atoms with Crippen LogP contribution in [-0.4, -0.2) is 39.6 Å². The lowest BCUT2D eigenvalue weighted by Crippen LogP contribution is -2.25. The fourth-order valence-corrected chi connectivity index (χ4v) is 2.13. The Balaban J connectivity index is 2.57. The van der Waals surface area contributed by atoms with E-state index in [4.69, 9.17) is 8.92 Å². The van der Waals surface area contributed by atoms with Crippen molar-refractivity contribution < 1.29 is 26.9 Å². The van der Waals surface area contributed by atoms with E-state index in [9.17, 15) is 18.0 Å². The molecule has 0 aliphatic heterocycles. The summed E-state index contributed by atoms with van der Waals surface area (Å²) in [5.74, 6) is -0.571. The Morgan fingerprint density at radius 1 is 1.30 bits per heavy atom. The summed E-state index contributed by atoms with van der Waals surface area (Å²) in [4.78, 5) is 22.0. The topological polar surface area (TPSA) is 86.7 Å². The molecule has 0 saturated heterocycles. The van der Waals surface area contributed by atoms with E-state index in [0.29, 0.717) is 11.8 Å². The summed E-state index contributed by atoms with van der Waals surface area (Å²) in [6.45, 7) is -0.228. The van der Waals surface area contributed by atoms with Crippen molar-refractivity contribution in [2.24, 2.45) is 0 Å². The molecule has 0 heterocycles. The Labute approximate surface area is 117 Å². The standard InChI is InChI=1S/C13H16O6S/c1-20(16,17)19-12(8-5-9-14)10-18-13(15)11-6-3-2-4-7-11/h2-4,6-7,9,12H,5,8,10H2,1H3/t12-/m0/s1. The van der Waals surface area contributed by atoms with Crippen LogP contribution < -0.4 is 0 Å². The van der Waals surface area contributed by atoms with Gasteiger partial charge in [0.15, 0.2) is 0 Å². The third kappa shape index (κ3) is 6.44. The lowest BCUT2D eigenvalue weighted by molar-refractivity contribution is -0.108. The molecule has 1 atom stereocenters. The molecule has 0 unspecified atom stereocenters. The summed E-state index contributed by atoms with van der Waals surface area (Å²) < 4.78 is 31.9. The molecule has 6 nitrogen and oxygen atoms in total. The minimum Gasteiger partial charge on any atom is -0.459 e. The second-order valence-electron chi connectivity index (χ2n) is 4.13. The predicted molar refractivity (Wildman–Crippen MR) is 71.7 cm³/mol. The van der Waals surface area contributed by atoms with Gasteiger partial charge in [-0.1, -0.05) is 18.2 Å². The molecule has 0 amide bonds. The number of aldehydes is 1. The zero-order chi connectivity index (χ0) is 15.0. The van der Waals surface area contributed by atoms with E-state index in [1.54, 1.807) is 30.3 Å². The SMILES string of the molecule is CS(=O)(=O)O[C@@H](CCC=O)COC(=O)c1ccccc1. The van der Waals surface area contributed by atoms with Gasteiger partial charge in [0.25, 0.3) is 10.1 Å². The van der Waals surface area contributed by atoms with Gasteiger partial charge in [0.1, 0.15) is 19.0 Å². The van der Waals surface area contributed by atoms with Crippen LogP contribution in [0.4, 0.5) is 0 Å². The van der Waals surface area contributed by atoms with Crippen molar-refractivity contribution in [3.8, 4) is 0 Å². The van der Waals surface area contributed by atoms with Gasteiger partial charge in [-0.3, -0.25) is 4.18 Å². The van der Waals surface area contributed by atoms with Crippen molar-refractivity contribution in [1.82, 2.24) is 0 Å². The summed E-state index contributed by atoms with van der Waals surface area (Å²) in [5.41, 5.74) is 0.362. The Hall–Kier alpha value is -1.73. The molecule has 1 aromatic rings. The number of ether oxygens (including phenoxy) is 1. The smallest absolute Gasteiger partial charge is 0.338 e. The van der Waals surface area contributed by atoms with Crippen LogP contribution in [0.1, 0.15) is 23.2 Å². The van der Waals surface area contributed by atoms with Crippen molar-refractivity contribution in [2.45, 2.75) is 18.9 Å². The highest BCUT2D eigenvalue weighted by Crippen LogP contribution is 2.08. The molecule has 110 valence electrons. The van der Waals surface area contributed by atoms with Crippen molar-refractivity contribution in [3.63, 3.8) is 0 Å². The number of benzene rings is 1. The van der Waals surface area contributed by atoms with E-state index in [1.807, 2.05) is 0 Å². The Morgan fingerprint density at radius 2 is 1.95 bits per heavy atom. The molecule has 20 heavy (non-hydrogen) atoms. The molecule has 0 spiro atoms. The first-order valence-electron chi connectivity index (χ1n) is 5.96. The third-order valence-corrected chi connectivity index (χ3v) is 2.95. The van der Waals surface area contributed by atoms with E-state index in [1.165, 1.54) is 0 Å². The lowest BCUT2D eigenvalue weighted by Gasteiger charge is -2.15. The summed E-state index contributed by atoms with van der Waals surface area (Å²) in [6.07, 6.45) is 0.988. The number of rotatable bonds is 8. The molecule has 0 N–H and O–H groups in total. The summed E-state index contributed by atoms with van der Waals surface area (Å²) in [5, 5.41) is 0. The summed E-state index contributed by atoms with van der Waals surface area (Å²) in [7, 11) is -3.67. The fourth-order valence-electron chi connectivity index (χ4n) is 1.49. The van der Waals surface area contributed by atoms with Crippen LogP contribution in [0.25, 0.3) is 0 Å². The minimum absolute atomic E-state index is 0.128. The molecule has 0 aliphatic rings. The fraction of sp³-hybridized carbons (Fsp3) is 0.385. The second kappa shape index (κ2) is 7.76. The molecular formula is C13H16O6S. The van der Waals surface area contributed by atoms with E-state index in [0.717, 1.165) is 6.26 Å². The molecule has 0 saturated carbocycles. The molecule has 0 aliphatic carbocycles. The molecule has 1 rings (SSSR count). The van der Waals surface area contributed by atoms with Crippen LogP contribution in [0, 0.1) is 0 Å². The van der Waals surface area contributed by atoms with Gasteiger partial charge in [0.05, 0.1) is 11.8 Å². The van der Waals surface area contributed by atoms with Gasteiger partial charge < -0.3 is 9.53 Å². The van der Waals surface area contributed by atoms with Gasteiger partial charge in [0, 0.05) is 6.42 Å². The molecule has 0 bridgehead atoms. The maximum atomic E-state index is 11.7. The van der Waals surface area contributed by atoms with E-state index >= 15 is 0 Å². The molecule has 1 aromatic carbocycles.